The van der Waals surface area contributed by atoms with Crippen molar-refractivity contribution in [2.45, 2.75) is 26.8 Å². The molecule has 1 N–H and O–H groups in total. The van der Waals surface area contributed by atoms with Crippen molar-refractivity contribution in [3.8, 4) is 11.3 Å². The molecule has 3 nitrogen and oxygen atoms in total. The van der Waals surface area contributed by atoms with Crippen molar-refractivity contribution in [3.63, 3.8) is 0 Å². The van der Waals surface area contributed by atoms with Crippen molar-refractivity contribution < 1.29 is 9.90 Å². The number of aromatic nitrogens is 1. The molecule has 18 heavy (non-hydrogen) atoms. The van der Waals surface area contributed by atoms with Crippen LogP contribution < -0.4 is 0 Å². The Hall–Kier alpha value is -2.03. The number of carboxylic acid groups (broad SMARTS) is 1. The molecule has 0 radical (unpaired) electrons. The van der Waals surface area contributed by atoms with E-state index in [4.69, 9.17) is 5.11 Å². The molecule has 94 valence electrons. The summed E-state index contributed by atoms with van der Waals surface area (Å²) in [6.45, 7) is 4.58. The van der Waals surface area contributed by atoms with E-state index < -0.39 is 5.97 Å². The van der Waals surface area contributed by atoms with Crippen LogP contribution in [0.4, 0.5) is 0 Å². The van der Waals surface area contributed by atoms with Crippen molar-refractivity contribution in [1.82, 2.24) is 4.57 Å². The van der Waals surface area contributed by atoms with Crippen LogP contribution in [0.3, 0.4) is 0 Å². The van der Waals surface area contributed by atoms with E-state index in [1.807, 2.05) is 17.7 Å². The molecular weight excluding hydrogens is 226 g/mol. The van der Waals surface area contributed by atoms with Crippen LogP contribution in [0.5, 0.6) is 0 Å². The van der Waals surface area contributed by atoms with Crippen LogP contribution in [0.15, 0.2) is 36.5 Å². The van der Waals surface area contributed by atoms with Crippen LogP contribution in [0.2, 0.25) is 0 Å². The largest absolute Gasteiger partial charge is 0.481 e. The van der Waals surface area contributed by atoms with Crippen molar-refractivity contribution in [2.24, 2.45) is 0 Å². The standard InChI is InChI=1S/C15H17NO2/c1-11-3-5-13(6-4-11)14-9-12(2)10-16(14)8-7-15(17)18/h3-6,9-10H,7-8H2,1-2H3,(H,17,18). The molecule has 0 spiro atoms. The lowest BCUT2D eigenvalue weighted by molar-refractivity contribution is -0.137. The van der Waals surface area contributed by atoms with Crippen molar-refractivity contribution in [3.05, 3.63) is 47.7 Å². The topological polar surface area (TPSA) is 42.2 Å². The lowest BCUT2D eigenvalue weighted by Crippen LogP contribution is -2.04. The van der Waals surface area contributed by atoms with E-state index in [9.17, 15) is 4.79 Å². The number of nitrogens with zero attached hydrogens (tertiary/aromatic N) is 1. The fourth-order valence-corrected chi connectivity index (χ4v) is 2.03. The highest BCUT2D eigenvalue weighted by atomic mass is 16.4. The molecule has 0 aliphatic carbocycles. The zero-order valence-corrected chi connectivity index (χ0v) is 10.7. The van der Waals surface area contributed by atoms with Gasteiger partial charge in [0.2, 0.25) is 0 Å². The maximum absolute atomic E-state index is 10.7. The van der Waals surface area contributed by atoms with E-state index >= 15 is 0 Å². The van der Waals surface area contributed by atoms with Gasteiger partial charge in [-0.05, 0) is 31.0 Å². The molecule has 2 aromatic rings. The summed E-state index contributed by atoms with van der Waals surface area (Å²) in [5.41, 5.74) is 4.57. The van der Waals surface area contributed by atoms with Crippen molar-refractivity contribution in [1.29, 1.82) is 0 Å². The maximum Gasteiger partial charge on any atom is 0.305 e. The molecule has 0 saturated carbocycles. The Balaban J connectivity index is 2.31. The smallest absolute Gasteiger partial charge is 0.305 e. The third kappa shape index (κ3) is 2.80. The van der Waals surface area contributed by atoms with Gasteiger partial charge in [-0.2, -0.15) is 0 Å². The summed E-state index contributed by atoms with van der Waals surface area (Å²) in [7, 11) is 0. The van der Waals surface area contributed by atoms with Crippen LogP contribution in [0, 0.1) is 13.8 Å². The molecule has 2 rings (SSSR count). The lowest BCUT2D eigenvalue weighted by Gasteiger charge is -2.08. The van der Waals surface area contributed by atoms with Gasteiger partial charge in [0.15, 0.2) is 0 Å². The van der Waals surface area contributed by atoms with E-state index in [1.54, 1.807) is 0 Å². The van der Waals surface area contributed by atoms with Crippen LogP contribution in [0.25, 0.3) is 11.3 Å². The molecule has 0 fully saturated rings. The van der Waals surface area contributed by atoms with E-state index in [-0.39, 0.29) is 6.42 Å². The first-order chi connectivity index (χ1) is 8.56. The van der Waals surface area contributed by atoms with Crippen LogP contribution >= 0.6 is 0 Å². The normalized spacial score (nSPS) is 10.6. The summed E-state index contributed by atoms with van der Waals surface area (Å²) in [5.74, 6) is -0.767. The maximum atomic E-state index is 10.7. The zero-order valence-electron chi connectivity index (χ0n) is 10.7. The van der Waals surface area contributed by atoms with Gasteiger partial charge in [0.1, 0.15) is 0 Å². The fourth-order valence-electron chi connectivity index (χ4n) is 2.03. The number of rotatable bonds is 4. The molecule has 0 atom stereocenters. The minimum atomic E-state index is -0.767. The Morgan fingerprint density at radius 3 is 2.44 bits per heavy atom. The zero-order chi connectivity index (χ0) is 13.1. The predicted molar refractivity (Wildman–Crippen MR) is 71.6 cm³/mol. The summed E-state index contributed by atoms with van der Waals surface area (Å²) in [4.78, 5) is 10.7. The number of carbonyl (C=O) groups is 1. The van der Waals surface area contributed by atoms with E-state index in [0.717, 1.165) is 16.8 Å². The molecular formula is C15H17NO2. The van der Waals surface area contributed by atoms with Crippen LogP contribution in [-0.4, -0.2) is 15.6 Å². The molecule has 0 bridgehead atoms. The third-order valence-electron chi connectivity index (χ3n) is 2.95. The Kier molecular flexibility index (Phi) is 3.51. The highest BCUT2D eigenvalue weighted by Gasteiger charge is 2.07. The number of hydrogen-bond donors (Lipinski definition) is 1. The molecule has 0 aliphatic heterocycles. The highest BCUT2D eigenvalue weighted by Crippen LogP contribution is 2.23. The Bertz CT molecular complexity index is 552. The Morgan fingerprint density at radius 2 is 1.83 bits per heavy atom. The second kappa shape index (κ2) is 5.08. The number of aliphatic carboxylic acids is 1. The average Bonchev–Trinajstić information content (AvgIpc) is 2.69. The van der Waals surface area contributed by atoms with Gasteiger partial charge in [0, 0.05) is 18.4 Å². The van der Waals surface area contributed by atoms with E-state index in [1.165, 1.54) is 5.56 Å². The van der Waals surface area contributed by atoms with Gasteiger partial charge >= 0.3 is 5.97 Å². The van der Waals surface area contributed by atoms with Gasteiger partial charge in [-0.15, -0.1) is 0 Å². The van der Waals surface area contributed by atoms with Crippen molar-refractivity contribution in [2.75, 3.05) is 0 Å². The molecule has 1 aromatic heterocycles. The third-order valence-corrected chi connectivity index (χ3v) is 2.95. The van der Waals surface area contributed by atoms with Gasteiger partial charge in [-0.3, -0.25) is 4.79 Å². The number of aryl methyl sites for hydroxylation is 3. The second-order valence-electron chi connectivity index (χ2n) is 4.61. The first kappa shape index (κ1) is 12.4. The Labute approximate surface area is 107 Å². The average molecular weight is 243 g/mol. The summed E-state index contributed by atoms with van der Waals surface area (Å²) in [5, 5.41) is 8.77. The molecule has 0 saturated heterocycles. The first-order valence-electron chi connectivity index (χ1n) is 6.02. The monoisotopic (exact) mass is 243 g/mol. The fraction of sp³-hybridized carbons (Fsp3) is 0.267. The number of benzene rings is 1. The van der Waals surface area contributed by atoms with Crippen LogP contribution in [0.1, 0.15) is 17.5 Å². The molecule has 0 amide bonds. The van der Waals surface area contributed by atoms with Gasteiger partial charge in [-0.25, -0.2) is 0 Å². The molecule has 0 unspecified atom stereocenters. The molecule has 0 aliphatic rings. The summed E-state index contributed by atoms with van der Waals surface area (Å²) in [6, 6.07) is 10.4. The van der Waals surface area contributed by atoms with E-state index in [0.29, 0.717) is 6.54 Å². The second-order valence-corrected chi connectivity index (χ2v) is 4.61. The van der Waals surface area contributed by atoms with Gasteiger partial charge in [0.25, 0.3) is 0 Å². The summed E-state index contributed by atoms with van der Waals surface area (Å²) < 4.78 is 2.01. The quantitative estimate of drug-likeness (QED) is 0.895. The lowest BCUT2D eigenvalue weighted by atomic mass is 10.1. The van der Waals surface area contributed by atoms with E-state index in [2.05, 4.69) is 37.3 Å². The van der Waals surface area contributed by atoms with Crippen molar-refractivity contribution >= 4 is 5.97 Å². The van der Waals surface area contributed by atoms with Gasteiger partial charge < -0.3 is 9.67 Å². The molecule has 3 heteroatoms. The minimum absolute atomic E-state index is 0.146. The SMILES string of the molecule is Cc1ccc(-c2cc(C)cn2CCC(=O)O)cc1. The summed E-state index contributed by atoms with van der Waals surface area (Å²) in [6.07, 6.45) is 2.14. The highest BCUT2D eigenvalue weighted by molar-refractivity contribution is 5.67. The number of hydrogen-bond acceptors (Lipinski definition) is 1. The minimum Gasteiger partial charge on any atom is -0.481 e. The van der Waals surface area contributed by atoms with Gasteiger partial charge in [0.05, 0.1) is 6.42 Å². The summed E-state index contributed by atoms with van der Waals surface area (Å²) >= 11 is 0. The first-order valence-corrected chi connectivity index (χ1v) is 6.02. The Morgan fingerprint density at radius 1 is 1.17 bits per heavy atom. The number of carboxylic acids is 1. The molecule has 1 heterocycles. The van der Waals surface area contributed by atoms with Crippen LogP contribution in [-0.2, 0) is 11.3 Å². The van der Waals surface area contributed by atoms with Gasteiger partial charge in [-0.1, -0.05) is 29.8 Å². The molecule has 1 aromatic carbocycles. The predicted octanol–water partition coefficient (Wildman–Crippen LogP) is 3.25.